The van der Waals surface area contributed by atoms with Crippen LogP contribution in [0.3, 0.4) is 0 Å². The number of aryl methyl sites for hydroxylation is 1. The summed E-state index contributed by atoms with van der Waals surface area (Å²) >= 11 is 0. The maximum atomic E-state index is 12.6. The normalized spacial score (nSPS) is 16.8. The molecule has 0 radical (unpaired) electrons. The van der Waals surface area contributed by atoms with Gasteiger partial charge in [-0.2, -0.15) is 0 Å². The van der Waals surface area contributed by atoms with Gasteiger partial charge in [0.15, 0.2) is 0 Å². The number of ether oxygens (including phenoxy) is 1. The molecular formula is C13H18BF3NO-. The molecule has 0 amide bonds. The minimum absolute atomic E-state index is 0.525. The standard InChI is InChI=1S/C13H18BF3NO/c1-11-10-12(14(15,16)17)4-5-13(11)19-9-8-18-6-2-3-7-18/h4-5,10H,2-3,6-9H2,1H3/q-1. The lowest BCUT2D eigenvalue weighted by atomic mass is 9.79. The van der Waals surface area contributed by atoms with Gasteiger partial charge in [0.25, 0.3) is 0 Å². The molecule has 0 bridgehead atoms. The van der Waals surface area contributed by atoms with E-state index in [2.05, 4.69) is 4.90 Å². The second-order valence-corrected chi connectivity index (χ2v) is 5.00. The maximum absolute atomic E-state index is 12.6. The first-order valence-corrected chi connectivity index (χ1v) is 6.62. The molecule has 106 valence electrons. The Morgan fingerprint density at radius 2 is 1.89 bits per heavy atom. The molecule has 0 unspecified atom stereocenters. The van der Waals surface area contributed by atoms with Gasteiger partial charge < -0.3 is 17.7 Å². The van der Waals surface area contributed by atoms with Crippen molar-refractivity contribution in [1.29, 1.82) is 0 Å². The van der Waals surface area contributed by atoms with Crippen LogP contribution in [0.4, 0.5) is 12.9 Å². The van der Waals surface area contributed by atoms with Gasteiger partial charge in [-0.15, -0.1) is 5.46 Å². The van der Waals surface area contributed by atoms with Crippen molar-refractivity contribution in [3.8, 4) is 5.75 Å². The van der Waals surface area contributed by atoms with E-state index >= 15 is 0 Å². The van der Waals surface area contributed by atoms with Crippen LogP contribution in [0.2, 0.25) is 0 Å². The molecule has 1 aliphatic rings. The van der Waals surface area contributed by atoms with Gasteiger partial charge in [0.05, 0.1) is 0 Å². The Morgan fingerprint density at radius 3 is 2.47 bits per heavy atom. The summed E-state index contributed by atoms with van der Waals surface area (Å²) in [7, 11) is 0. The van der Waals surface area contributed by atoms with Gasteiger partial charge in [0.1, 0.15) is 12.4 Å². The van der Waals surface area contributed by atoms with Gasteiger partial charge in [-0.05, 0) is 44.5 Å². The first-order valence-electron chi connectivity index (χ1n) is 6.62. The fourth-order valence-electron chi connectivity index (χ4n) is 2.33. The lowest BCUT2D eigenvalue weighted by Crippen LogP contribution is -2.34. The Balaban J connectivity index is 1.90. The second-order valence-electron chi connectivity index (χ2n) is 5.00. The van der Waals surface area contributed by atoms with E-state index in [1.165, 1.54) is 18.9 Å². The quantitative estimate of drug-likeness (QED) is 0.764. The maximum Gasteiger partial charge on any atom is 0.509 e. The summed E-state index contributed by atoms with van der Waals surface area (Å²) in [5, 5.41) is 0. The van der Waals surface area contributed by atoms with Crippen LogP contribution in [-0.4, -0.2) is 38.1 Å². The van der Waals surface area contributed by atoms with Crippen LogP contribution in [0.25, 0.3) is 0 Å². The van der Waals surface area contributed by atoms with Gasteiger partial charge in [0.2, 0.25) is 0 Å². The molecule has 1 aromatic rings. The van der Waals surface area contributed by atoms with E-state index in [0.717, 1.165) is 31.8 Å². The number of hydrogen-bond donors (Lipinski definition) is 0. The van der Waals surface area contributed by atoms with E-state index in [4.69, 9.17) is 4.74 Å². The zero-order chi connectivity index (χ0) is 13.9. The largest absolute Gasteiger partial charge is 0.509 e. The minimum Gasteiger partial charge on any atom is -0.492 e. The Kier molecular flexibility index (Phi) is 4.40. The molecule has 6 heteroatoms. The molecule has 2 rings (SSSR count). The highest BCUT2D eigenvalue weighted by molar-refractivity contribution is 6.73. The molecule has 1 aromatic carbocycles. The molecule has 0 saturated carbocycles. The first-order chi connectivity index (χ1) is 8.97. The van der Waals surface area contributed by atoms with Crippen molar-refractivity contribution in [2.24, 2.45) is 0 Å². The van der Waals surface area contributed by atoms with Crippen molar-refractivity contribution in [3.05, 3.63) is 23.8 Å². The van der Waals surface area contributed by atoms with E-state index in [0.29, 0.717) is 17.9 Å². The van der Waals surface area contributed by atoms with Crippen LogP contribution in [-0.2, 0) is 0 Å². The van der Waals surface area contributed by atoms with Crippen LogP contribution in [0, 0.1) is 6.92 Å². The highest BCUT2D eigenvalue weighted by atomic mass is 19.4. The summed E-state index contributed by atoms with van der Waals surface area (Å²) in [6.45, 7) is 0.275. The molecule has 19 heavy (non-hydrogen) atoms. The topological polar surface area (TPSA) is 12.5 Å². The summed E-state index contributed by atoms with van der Waals surface area (Å²) in [4.78, 5) is 2.31. The molecular weight excluding hydrogens is 254 g/mol. The van der Waals surface area contributed by atoms with Gasteiger partial charge >= 0.3 is 6.98 Å². The highest BCUT2D eigenvalue weighted by Crippen LogP contribution is 2.19. The Bertz CT molecular complexity index is 430. The van der Waals surface area contributed by atoms with Crippen LogP contribution in [0.1, 0.15) is 18.4 Å². The van der Waals surface area contributed by atoms with E-state index in [9.17, 15) is 12.9 Å². The van der Waals surface area contributed by atoms with Gasteiger partial charge in [0, 0.05) is 6.54 Å². The lowest BCUT2D eigenvalue weighted by Gasteiger charge is -2.18. The summed E-state index contributed by atoms with van der Waals surface area (Å²) in [6, 6.07) is 3.67. The van der Waals surface area contributed by atoms with Crippen molar-refractivity contribution in [1.82, 2.24) is 4.90 Å². The van der Waals surface area contributed by atoms with Crippen molar-refractivity contribution < 1.29 is 17.7 Å². The number of rotatable bonds is 5. The Labute approximate surface area is 111 Å². The molecule has 1 aliphatic heterocycles. The van der Waals surface area contributed by atoms with E-state index in [1.807, 2.05) is 0 Å². The predicted octanol–water partition coefficient (Wildman–Crippen LogP) is 2.52. The van der Waals surface area contributed by atoms with Gasteiger partial charge in [-0.3, -0.25) is 4.90 Å². The predicted molar refractivity (Wildman–Crippen MR) is 71.1 cm³/mol. The Morgan fingerprint density at radius 1 is 1.21 bits per heavy atom. The number of benzene rings is 1. The zero-order valence-electron chi connectivity index (χ0n) is 11.0. The van der Waals surface area contributed by atoms with Gasteiger partial charge in [-0.1, -0.05) is 12.1 Å². The van der Waals surface area contributed by atoms with Crippen molar-refractivity contribution in [3.63, 3.8) is 0 Å². The molecule has 0 aromatic heterocycles. The van der Waals surface area contributed by atoms with E-state index in [1.54, 1.807) is 6.92 Å². The molecule has 1 fully saturated rings. The molecule has 1 heterocycles. The van der Waals surface area contributed by atoms with Crippen molar-refractivity contribution in [2.75, 3.05) is 26.2 Å². The highest BCUT2D eigenvalue weighted by Gasteiger charge is 2.25. The monoisotopic (exact) mass is 272 g/mol. The van der Waals surface area contributed by atoms with Crippen molar-refractivity contribution in [2.45, 2.75) is 19.8 Å². The molecule has 2 nitrogen and oxygen atoms in total. The van der Waals surface area contributed by atoms with Crippen LogP contribution < -0.4 is 10.2 Å². The third kappa shape index (κ3) is 3.90. The van der Waals surface area contributed by atoms with E-state index < -0.39 is 12.4 Å². The summed E-state index contributed by atoms with van der Waals surface area (Å²) in [6.07, 6.45) is 2.45. The van der Waals surface area contributed by atoms with Crippen LogP contribution in [0.15, 0.2) is 18.2 Å². The Hall–Kier alpha value is -1.17. The number of nitrogens with zero attached hydrogens (tertiary/aromatic N) is 1. The fourth-order valence-corrected chi connectivity index (χ4v) is 2.33. The zero-order valence-corrected chi connectivity index (χ0v) is 11.0. The van der Waals surface area contributed by atoms with E-state index in [-0.39, 0.29) is 0 Å². The van der Waals surface area contributed by atoms with Crippen molar-refractivity contribution >= 4 is 12.4 Å². The average molecular weight is 272 g/mol. The number of likely N-dealkylation sites (tertiary alicyclic amines) is 1. The lowest BCUT2D eigenvalue weighted by molar-refractivity contribution is 0.237. The SMILES string of the molecule is Cc1cc([B-](F)(F)F)ccc1OCCN1CCCC1. The molecule has 0 spiro atoms. The van der Waals surface area contributed by atoms with Crippen LogP contribution in [0.5, 0.6) is 5.75 Å². The fraction of sp³-hybridized carbons (Fsp3) is 0.538. The average Bonchev–Trinajstić information content (AvgIpc) is 2.83. The minimum atomic E-state index is -4.93. The number of halogens is 3. The summed E-state index contributed by atoms with van der Waals surface area (Å²) in [5.41, 5.74) is -0.0254. The van der Waals surface area contributed by atoms with Gasteiger partial charge in [-0.25, -0.2) is 0 Å². The molecule has 0 N–H and O–H groups in total. The molecule has 0 atom stereocenters. The number of hydrogen-bond acceptors (Lipinski definition) is 2. The second kappa shape index (κ2) is 5.86. The summed E-state index contributed by atoms with van der Waals surface area (Å²) < 4.78 is 43.3. The molecule has 1 saturated heterocycles. The molecule has 0 aliphatic carbocycles. The first kappa shape index (κ1) is 14.2. The third-order valence-electron chi connectivity index (χ3n) is 3.44. The summed E-state index contributed by atoms with van der Waals surface area (Å²) in [5.74, 6) is 0.544. The third-order valence-corrected chi connectivity index (χ3v) is 3.44. The smallest absolute Gasteiger partial charge is 0.492 e. The van der Waals surface area contributed by atoms with Crippen LogP contribution >= 0.6 is 0 Å².